The molecule has 5 heterocycles. The number of rotatable bonds is 2. The summed E-state index contributed by atoms with van der Waals surface area (Å²) >= 11 is 0. The SMILES string of the molecule is CC(C)(C)c1cc2c3c(c1)N1c4c(cccc4-n4c5ccccc5c5cccc1c54)B3c1ccc(-n3c4ccc(C(C)(C)C)cc4c4cc(C(C)(C)C)ccc43)cc1N2c1cccc2ccccc12. The van der Waals surface area contributed by atoms with Crippen molar-refractivity contribution < 1.29 is 0 Å². The molecule has 11 aromatic rings. The van der Waals surface area contributed by atoms with E-state index in [1.807, 2.05) is 0 Å². The van der Waals surface area contributed by atoms with Crippen molar-refractivity contribution in [3.05, 3.63) is 187 Å². The summed E-state index contributed by atoms with van der Waals surface area (Å²) in [4.78, 5) is 5.26. The molecule has 14 rings (SSSR count). The van der Waals surface area contributed by atoms with E-state index in [2.05, 4.69) is 251 Å². The zero-order chi connectivity index (χ0) is 47.0. The molecule has 69 heavy (non-hydrogen) atoms. The van der Waals surface area contributed by atoms with Gasteiger partial charge in [-0.15, -0.1) is 0 Å². The van der Waals surface area contributed by atoms with E-state index in [1.165, 1.54) is 127 Å². The first kappa shape index (κ1) is 40.6. The molecule has 0 amide bonds. The molecule has 334 valence electrons. The van der Waals surface area contributed by atoms with Gasteiger partial charge < -0.3 is 18.9 Å². The molecule has 9 aromatic carbocycles. The van der Waals surface area contributed by atoms with Gasteiger partial charge in [-0.25, -0.2) is 0 Å². The molecular weight excluding hydrogens is 836 g/mol. The van der Waals surface area contributed by atoms with Crippen LogP contribution >= 0.6 is 0 Å². The summed E-state index contributed by atoms with van der Waals surface area (Å²) in [5, 5.41) is 7.63. The van der Waals surface area contributed by atoms with Crippen molar-refractivity contribution in [1.29, 1.82) is 0 Å². The van der Waals surface area contributed by atoms with Crippen LogP contribution in [-0.2, 0) is 16.2 Å². The van der Waals surface area contributed by atoms with Crippen molar-refractivity contribution in [2.75, 3.05) is 9.80 Å². The van der Waals surface area contributed by atoms with Crippen LogP contribution in [0.5, 0.6) is 0 Å². The predicted octanol–water partition coefficient (Wildman–Crippen LogP) is 15.3. The highest BCUT2D eigenvalue weighted by atomic mass is 15.2. The zero-order valence-corrected chi connectivity index (χ0v) is 41.0. The Bertz CT molecular complexity index is 3970. The second-order valence-electron chi connectivity index (χ2n) is 23.1. The number of nitrogens with zero attached hydrogens (tertiary/aromatic N) is 4. The molecule has 3 aliphatic rings. The van der Waals surface area contributed by atoms with Crippen LogP contribution in [0.4, 0.5) is 34.1 Å². The minimum atomic E-state index is -0.134. The fraction of sp³-hybridized carbons (Fsp3) is 0.188. The quantitative estimate of drug-likeness (QED) is 0.161. The number of benzene rings is 9. The van der Waals surface area contributed by atoms with Gasteiger partial charge in [-0.1, -0.05) is 159 Å². The number of para-hydroxylation sites is 3. The minimum absolute atomic E-state index is 0.0158. The van der Waals surface area contributed by atoms with E-state index in [0.717, 1.165) is 5.69 Å². The highest BCUT2D eigenvalue weighted by Gasteiger charge is 2.47. The van der Waals surface area contributed by atoms with Crippen molar-refractivity contribution in [2.45, 2.75) is 78.6 Å². The van der Waals surface area contributed by atoms with Gasteiger partial charge in [0.1, 0.15) is 0 Å². The number of fused-ring (bicyclic) bond motifs is 13. The zero-order valence-electron chi connectivity index (χ0n) is 41.0. The number of anilines is 6. The van der Waals surface area contributed by atoms with Crippen molar-refractivity contribution >= 4 is 112 Å². The van der Waals surface area contributed by atoms with Gasteiger partial charge in [0, 0.05) is 49.7 Å². The lowest BCUT2D eigenvalue weighted by Crippen LogP contribution is -2.62. The Hall–Kier alpha value is -7.50. The molecule has 2 aromatic heterocycles. The molecule has 0 N–H and O–H groups in total. The van der Waals surface area contributed by atoms with Crippen molar-refractivity contribution in [1.82, 2.24) is 9.13 Å². The summed E-state index contributed by atoms with van der Waals surface area (Å²) in [5.41, 5.74) is 22.6. The summed E-state index contributed by atoms with van der Waals surface area (Å²) in [6.45, 7) is 21.0. The Morgan fingerprint density at radius 3 is 1.62 bits per heavy atom. The molecule has 0 aliphatic carbocycles. The van der Waals surface area contributed by atoms with E-state index in [1.54, 1.807) is 0 Å². The Morgan fingerprint density at radius 2 is 0.913 bits per heavy atom. The van der Waals surface area contributed by atoms with E-state index in [4.69, 9.17) is 0 Å². The molecule has 0 atom stereocenters. The van der Waals surface area contributed by atoms with Crippen LogP contribution in [-0.4, -0.2) is 15.8 Å². The van der Waals surface area contributed by atoms with Crippen LogP contribution in [0.1, 0.15) is 79.0 Å². The Kier molecular flexibility index (Phi) is 8.00. The lowest BCUT2D eigenvalue weighted by molar-refractivity contribution is 0.590. The molecule has 0 radical (unpaired) electrons. The summed E-state index contributed by atoms with van der Waals surface area (Å²) in [6, 6.07) is 65.5. The Labute approximate surface area is 405 Å². The molecule has 4 nitrogen and oxygen atoms in total. The van der Waals surface area contributed by atoms with Crippen LogP contribution < -0.4 is 26.2 Å². The molecule has 0 saturated heterocycles. The number of aromatic nitrogens is 2. The Morgan fingerprint density at radius 1 is 0.348 bits per heavy atom. The summed E-state index contributed by atoms with van der Waals surface area (Å²) in [5.74, 6) is 0. The van der Waals surface area contributed by atoms with Gasteiger partial charge in [-0.05, 0) is 128 Å². The molecule has 0 saturated carbocycles. The second kappa shape index (κ2) is 13.6. The van der Waals surface area contributed by atoms with E-state index < -0.39 is 0 Å². The van der Waals surface area contributed by atoms with Crippen LogP contribution in [0.3, 0.4) is 0 Å². The van der Waals surface area contributed by atoms with Gasteiger partial charge >= 0.3 is 0 Å². The minimum Gasteiger partial charge on any atom is -0.311 e. The lowest BCUT2D eigenvalue weighted by Gasteiger charge is -2.47. The van der Waals surface area contributed by atoms with Crippen LogP contribution in [0.15, 0.2) is 170 Å². The van der Waals surface area contributed by atoms with E-state index in [0.29, 0.717) is 0 Å². The lowest BCUT2D eigenvalue weighted by atomic mass is 9.33. The van der Waals surface area contributed by atoms with Crippen molar-refractivity contribution in [3.63, 3.8) is 0 Å². The average Bonchev–Trinajstić information content (AvgIpc) is 3.85. The maximum absolute atomic E-state index is 2.63. The number of hydrogen-bond acceptors (Lipinski definition) is 2. The standard InChI is InChI=1S/C64H55BN4/c1-62(2,3)39-27-31-52-46(33-39)47-34-40(63(4,5)6)28-32-53(47)66(52)42-29-30-48-56(37-42)67(50-24-14-18-38-17-10-11-19-43(38)50)57-35-41(64(7,8)9)36-58-59(57)65(48)49-22-16-26-55-61(49)69(58)54-25-15-21-45-44-20-12-13-23-51(44)68(55)60(45)54/h10-37H,1-9H3. The van der Waals surface area contributed by atoms with Crippen LogP contribution in [0, 0.1) is 0 Å². The van der Waals surface area contributed by atoms with Gasteiger partial charge in [0.15, 0.2) is 0 Å². The smallest absolute Gasteiger partial charge is 0.252 e. The summed E-state index contributed by atoms with van der Waals surface area (Å²) in [7, 11) is 0. The average molecular weight is 891 g/mol. The van der Waals surface area contributed by atoms with Gasteiger partial charge in [-0.3, -0.25) is 0 Å². The van der Waals surface area contributed by atoms with Crippen LogP contribution in [0.25, 0.3) is 65.8 Å². The first-order valence-electron chi connectivity index (χ1n) is 24.8. The fourth-order valence-corrected chi connectivity index (χ4v) is 12.3. The van der Waals surface area contributed by atoms with Gasteiger partial charge in [-0.2, -0.15) is 0 Å². The molecular formula is C64H55BN4. The molecule has 0 spiro atoms. The summed E-state index contributed by atoms with van der Waals surface area (Å²) in [6.07, 6.45) is 0. The normalized spacial score (nSPS) is 14.1. The van der Waals surface area contributed by atoms with Crippen LogP contribution in [0.2, 0.25) is 0 Å². The van der Waals surface area contributed by atoms with Gasteiger partial charge in [0.2, 0.25) is 0 Å². The summed E-state index contributed by atoms with van der Waals surface area (Å²) < 4.78 is 5.08. The van der Waals surface area contributed by atoms with Crippen molar-refractivity contribution in [2.24, 2.45) is 0 Å². The third-order valence-corrected chi connectivity index (χ3v) is 15.8. The molecule has 0 bridgehead atoms. The molecule has 5 heteroatoms. The third kappa shape index (κ3) is 5.53. The second-order valence-corrected chi connectivity index (χ2v) is 23.1. The van der Waals surface area contributed by atoms with E-state index in [9.17, 15) is 0 Å². The van der Waals surface area contributed by atoms with E-state index >= 15 is 0 Å². The highest BCUT2D eigenvalue weighted by molar-refractivity contribution is 7.00. The Balaban J connectivity index is 1.11. The van der Waals surface area contributed by atoms with Gasteiger partial charge in [0.25, 0.3) is 6.71 Å². The van der Waals surface area contributed by atoms with Crippen molar-refractivity contribution in [3.8, 4) is 11.4 Å². The fourth-order valence-electron chi connectivity index (χ4n) is 12.3. The predicted molar refractivity (Wildman–Crippen MR) is 296 cm³/mol. The van der Waals surface area contributed by atoms with E-state index in [-0.39, 0.29) is 23.0 Å². The maximum atomic E-state index is 2.63. The monoisotopic (exact) mass is 890 g/mol. The highest BCUT2D eigenvalue weighted by Crippen LogP contribution is 2.53. The third-order valence-electron chi connectivity index (χ3n) is 15.8. The van der Waals surface area contributed by atoms with Gasteiger partial charge in [0.05, 0.1) is 44.8 Å². The number of hydrogen-bond donors (Lipinski definition) is 0. The first-order valence-corrected chi connectivity index (χ1v) is 24.8. The molecule has 3 aliphatic heterocycles. The molecule has 0 fully saturated rings. The first-order chi connectivity index (χ1) is 33.1. The molecule has 0 unspecified atom stereocenters. The maximum Gasteiger partial charge on any atom is 0.252 e. The topological polar surface area (TPSA) is 16.3 Å². The largest absolute Gasteiger partial charge is 0.311 e.